The molecule has 0 bridgehead atoms. The molecular weight excluding hydrogens is 599 g/mol. The molecule has 2 aromatic carbocycles. The molecule has 234 valence electrons. The van der Waals surface area contributed by atoms with E-state index in [4.69, 9.17) is 23.9 Å². The van der Waals surface area contributed by atoms with E-state index in [1.165, 1.54) is 24.3 Å². The minimum absolute atomic E-state index is 0.0230. The number of rotatable bonds is 12. The van der Waals surface area contributed by atoms with E-state index in [9.17, 15) is 18.8 Å². The van der Waals surface area contributed by atoms with Crippen LogP contribution in [0.5, 0.6) is 5.75 Å². The first-order chi connectivity index (χ1) is 21.9. The van der Waals surface area contributed by atoms with Gasteiger partial charge in [-0.25, -0.2) is 18.8 Å². The minimum atomic E-state index is -0.712. The molecule has 0 radical (unpaired) electrons. The van der Waals surface area contributed by atoms with Gasteiger partial charge >= 0.3 is 17.9 Å². The lowest BCUT2D eigenvalue weighted by atomic mass is 9.93. The fourth-order valence-electron chi connectivity index (χ4n) is 5.07. The van der Waals surface area contributed by atoms with Gasteiger partial charge in [-0.15, -0.1) is 11.3 Å². The van der Waals surface area contributed by atoms with Gasteiger partial charge in [0.1, 0.15) is 29.7 Å². The SMILES string of the molecule is CCOC(=O)c1c(COc2ccc(F)cc2)nc(C2CCCN2)c(C(=O)OCC)c1-c1ccc(C(=O)OCc2ccccc2)s1. The maximum Gasteiger partial charge on any atom is 0.348 e. The first kappa shape index (κ1) is 31.8. The van der Waals surface area contributed by atoms with E-state index < -0.39 is 23.7 Å². The number of thiophene rings is 1. The molecule has 0 spiro atoms. The average Bonchev–Trinajstić information content (AvgIpc) is 3.77. The number of hydrogen-bond donors (Lipinski definition) is 1. The summed E-state index contributed by atoms with van der Waals surface area (Å²) < 4.78 is 36.0. The van der Waals surface area contributed by atoms with Crippen LogP contribution in [0.15, 0.2) is 66.7 Å². The lowest BCUT2D eigenvalue weighted by Crippen LogP contribution is -2.24. The molecule has 0 saturated carbocycles. The van der Waals surface area contributed by atoms with Crippen molar-refractivity contribution in [3.63, 3.8) is 0 Å². The first-order valence-corrected chi connectivity index (χ1v) is 15.5. The molecule has 1 fully saturated rings. The molecule has 0 aliphatic carbocycles. The van der Waals surface area contributed by atoms with E-state index in [-0.39, 0.29) is 59.7 Å². The molecule has 1 aliphatic heterocycles. The van der Waals surface area contributed by atoms with Crippen LogP contribution >= 0.6 is 11.3 Å². The number of halogens is 1. The molecule has 1 saturated heterocycles. The van der Waals surface area contributed by atoms with E-state index in [0.29, 0.717) is 22.7 Å². The molecule has 45 heavy (non-hydrogen) atoms. The molecule has 1 atom stereocenters. The van der Waals surface area contributed by atoms with Crippen LogP contribution in [0.4, 0.5) is 4.39 Å². The monoisotopic (exact) mass is 632 g/mol. The molecule has 5 rings (SSSR count). The molecule has 11 heteroatoms. The van der Waals surface area contributed by atoms with Crippen LogP contribution < -0.4 is 10.1 Å². The van der Waals surface area contributed by atoms with Crippen LogP contribution in [0.2, 0.25) is 0 Å². The molecule has 0 amide bonds. The van der Waals surface area contributed by atoms with Crippen molar-refractivity contribution in [3.05, 3.63) is 106 Å². The summed E-state index contributed by atoms with van der Waals surface area (Å²) in [5.41, 5.74) is 1.87. The van der Waals surface area contributed by atoms with Crippen LogP contribution in [0.3, 0.4) is 0 Å². The Labute approximate surface area is 264 Å². The summed E-state index contributed by atoms with van der Waals surface area (Å²) in [6.45, 7) is 4.18. The Hall–Kier alpha value is -4.61. The number of benzene rings is 2. The van der Waals surface area contributed by atoms with E-state index in [1.807, 2.05) is 30.3 Å². The molecule has 1 aliphatic rings. The van der Waals surface area contributed by atoms with Gasteiger partial charge in [-0.05, 0) is 75.2 Å². The maximum absolute atomic E-state index is 13.7. The third kappa shape index (κ3) is 7.55. The Morgan fingerprint density at radius 1 is 0.867 bits per heavy atom. The smallest absolute Gasteiger partial charge is 0.348 e. The van der Waals surface area contributed by atoms with E-state index in [1.54, 1.807) is 26.0 Å². The van der Waals surface area contributed by atoms with Gasteiger partial charge in [0.05, 0.1) is 41.8 Å². The van der Waals surface area contributed by atoms with Crippen LogP contribution in [0.25, 0.3) is 10.4 Å². The van der Waals surface area contributed by atoms with E-state index in [2.05, 4.69) is 5.32 Å². The van der Waals surface area contributed by atoms with Crippen molar-refractivity contribution in [2.75, 3.05) is 19.8 Å². The fourth-order valence-corrected chi connectivity index (χ4v) is 6.02. The summed E-state index contributed by atoms with van der Waals surface area (Å²) in [6, 6.07) is 17.8. The Morgan fingerprint density at radius 2 is 1.58 bits per heavy atom. The summed E-state index contributed by atoms with van der Waals surface area (Å²) in [4.78, 5) is 46.0. The van der Waals surface area contributed by atoms with Crippen LogP contribution in [0, 0.1) is 5.82 Å². The lowest BCUT2D eigenvalue weighted by molar-refractivity contribution is 0.0475. The van der Waals surface area contributed by atoms with Crippen molar-refractivity contribution in [2.24, 2.45) is 0 Å². The van der Waals surface area contributed by atoms with Gasteiger partial charge in [-0.1, -0.05) is 30.3 Å². The Bertz CT molecular complexity index is 1650. The highest BCUT2D eigenvalue weighted by atomic mass is 32.1. The second-order valence-electron chi connectivity index (χ2n) is 10.1. The van der Waals surface area contributed by atoms with Crippen molar-refractivity contribution in [1.29, 1.82) is 0 Å². The zero-order valence-corrected chi connectivity index (χ0v) is 25.8. The van der Waals surface area contributed by atoms with Crippen molar-refractivity contribution in [2.45, 2.75) is 45.9 Å². The number of aromatic nitrogens is 1. The van der Waals surface area contributed by atoms with Crippen LogP contribution in [-0.4, -0.2) is 42.7 Å². The number of nitrogens with one attached hydrogen (secondary N) is 1. The van der Waals surface area contributed by atoms with Crippen molar-refractivity contribution < 1.29 is 37.7 Å². The number of hydrogen-bond acceptors (Lipinski definition) is 10. The molecule has 1 unspecified atom stereocenters. The van der Waals surface area contributed by atoms with Crippen LogP contribution in [0.1, 0.15) is 80.1 Å². The Kier molecular flexibility index (Phi) is 10.5. The molecule has 2 aromatic heterocycles. The van der Waals surface area contributed by atoms with Gasteiger partial charge < -0.3 is 24.3 Å². The summed E-state index contributed by atoms with van der Waals surface area (Å²) >= 11 is 1.08. The summed E-state index contributed by atoms with van der Waals surface area (Å²) in [5.74, 6) is -1.96. The largest absolute Gasteiger partial charge is 0.487 e. The summed E-state index contributed by atoms with van der Waals surface area (Å²) in [7, 11) is 0. The summed E-state index contributed by atoms with van der Waals surface area (Å²) in [5, 5.41) is 3.39. The predicted molar refractivity (Wildman–Crippen MR) is 166 cm³/mol. The number of esters is 3. The number of carbonyl (C=O) groups excluding carboxylic acids is 3. The number of ether oxygens (including phenoxy) is 4. The third-order valence-corrected chi connectivity index (χ3v) is 8.19. The maximum atomic E-state index is 13.7. The van der Waals surface area contributed by atoms with Gasteiger partial charge in [0.2, 0.25) is 0 Å². The van der Waals surface area contributed by atoms with Gasteiger partial charge in [0.15, 0.2) is 0 Å². The van der Waals surface area contributed by atoms with Crippen molar-refractivity contribution in [1.82, 2.24) is 10.3 Å². The van der Waals surface area contributed by atoms with Gasteiger partial charge in [0, 0.05) is 10.4 Å². The van der Waals surface area contributed by atoms with E-state index in [0.717, 1.165) is 29.9 Å². The van der Waals surface area contributed by atoms with Crippen molar-refractivity contribution >= 4 is 29.2 Å². The molecule has 3 heterocycles. The highest BCUT2D eigenvalue weighted by Crippen LogP contribution is 2.40. The van der Waals surface area contributed by atoms with Crippen LogP contribution in [-0.2, 0) is 27.4 Å². The van der Waals surface area contributed by atoms with Gasteiger partial charge in [-0.3, -0.25) is 4.98 Å². The quantitative estimate of drug-likeness (QED) is 0.135. The molecule has 1 N–H and O–H groups in total. The third-order valence-electron chi connectivity index (χ3n) is 7.11. The number of pyridine rings is 1. The minimum Gasteiger partial charge on any atom is -0.487 e. The zero-order valence-electron chi connectivity index (χ0n) is 25.0. The second kappa shape index (κ2) is 14.9. The molecule has 4 aromatic rings. The Balaban J connectivity index is 1.64. The highest BCUT2D eigenvalue weighted by Gasteiger charge is 2.35. The summed E-state index contributed by atoms with van der Waals surface area (Å²) in [6.07, 6.45) is 1.57. The number of nitrogens with zero attached hydrogens (tertiary/aromatic N) is 1. The fraction of sp³-hybridized carbons (Fsp3) is 0.294. The van der Waals surface area contributed by atoms with Gasteiger partial charge in [0.25, 0.3) is 0 Å². The topological polar surface area (TPSA) is 113 Å². The first-order valence-electron chi connectivity index (χ1n) is 14.7. The molecule has 9 nitrogen and oxygen atoms in total. The van der Waals surface area contributed by atoms with E-state index >= 15 is 0 Å². The second-order valence-corrected chi connectivity index (χ2v) is 11.2. The highest BCUT2D eigenvalue weighted by molar-refractivity contribution is 7.17. The standard InChI is InChI=1S/C34H33FN2O7S/c1-3-41-33(39)28-25(20-43-23-14-12-22(35)13-15-23)37-31(24-11-8-18-36-24)30(34(40)42-4-2)29(28)26-16-17-27(45-26)32(38)44-19-21-9-6-5-7-10-21/h5-7,9-10,12-17,24,36H,3-4,8,11,18-20H2,1-2H3. The van der Waals surface area contributed by atoms with Crippen molar-refractivity contribution in [3.8, 4) is 16.2 Å². The predicted octanol–water partition coefficient (Wildman–Crippen LogP) is 6.66. The normalized spacial score (nSPS) is 14.2. The number of carbonyl (C=O) groups is 3. The average molecular weight is 633 g/mol. The molecular formula is C34H33FN2O7S. The zero-order chi connectivity index (χ0) is 31.8. The Morgan fingerprint density at radius 3 is 2.24 bits per heavy atom. The lowest BCUT2D eigenvalue weighted by Gasteiger charge is -2.22. The van der Waals surface area contributed by atoms with Gasteiger partial charge in [-0.2, -0.15) is 0 Å².